The second-order valence-corrected chi connectivity index (χ2v) is 8.93. The minimum absolute atomic E-state index is 0.0436. The molecule has 27 heavy (non-hydrogen) atoms. The molecule has 0 saturated carbocycles. The SMILES string of the molecule is C[C@H]1CN(C(C)(C)CNC(=O)COCc2nc3ccccc3s2)C[C@H](C)O1. The molecule has 1 aromatic carbocycles. The molecule has 7 heteroatoms. The third-order valence-corrected chi connectivity index (χ3v) is 5.80. The number of nitrogens with one attached hydrogen (secondary N) is 1. The summed E-state index contributed by atoms with van der Waals surface area (Å²) >= 11 is 1.60. The van der Waals surface area contributed by atoms with Crippen molar-refractivity contribution in [3.05, 3.63) is 29.3 Å². The first-order valence-electron chi connectivity index (χ1n) is 9.43. The molecule has 1 aliphatic heterocycles. The number of thiazole rings is 1. The van der Waals surface area contributed by atoms with E-state index < -0.39 is 0 Å². The topological polar surface area (TPSA) is 63.7 Å². The van der Waals surface area contributed by atoms with E-state index >= 15 is 0 Å². The number of para-hydroxylation sites is 1. The first-order valence-corrected chi connectivity index (χ1v) is 10.2. The van der Waals surface area contributed by atoms with Crippen molar-refractivity contribution < 1.29 is 14.3 Å². The van der Waals surface area contributed by atoms with Crippen LogP contribution < -0.4 is 5.32 Å². The molecule has 6 nitrogen and oxygen atoms in total. The van der Waals surface area contributed by atoms with Crippen molar-refractivity contribution in [3.8, 4) is 0 Å². The van der Waals surface area contributed by atoms with Crippen LogP contribution in [0.25, 0.3) is 10.2 Å². The van der Waals surface area contributed by atoms with Crippen LogP contribution in [0, 0.1) is 0 Å². The van der Waals surface area contributed by atoms with Gasteiger partial charge in [0.05, 0.1) is 29.0 Å². The fraction of sp³-hybridized carbons (Fsp3) is 0.600. The van der Waals surface area contributed by atoms with Gasteiger partial charge in [-0.2, -0.15) is 0 Å². The zero-order valence-electron chi connectivity index (χ0n) is 16.5. The second kappa shape index (κ2) is 8.65. The van der Waals surface area contributed by atoms with Crippen LogP contribution >= 0.6 is 11.3 Å². The molecule has 1 saturated heterocycles. The summed E-state index contributed by atoms with van der Waals surface area (Å²) in [5.41, 5.74) is 0.843. The summed E-state index contributed by atoms with van der Waals surface area (Å²) in [4.78, 5) is 19.1. The van der Waals surface area contributed by atoms with Gasteiger partial charge in [0.2, 0.25) is 5.91 Å². The van der Waals surface area contributed by atoms with E-state index in [1.54, 1.807) is 11.3 Å². The average molecular weight is 392 g/mol. The van der Waals surface area contributed by atoms with Crippen LogP contribution in [0.2, 0.25) is 0 Å². The lowest BCUT2D eigenvalue weighted by molar-refractivity contribution is -0.127. The van der Waals surface area contributed by atoms with E-state index in [0.717, 1.165) is 28.3 Å². The molecule has 3 rings (SSSR count). The van der Waals surface area contributed by atoms with E-state index in [1.165, 1.54) is 0 Å². The standard InChI is InChI=1S/C20H29N3O3S/c1-14-9-23(10-15(2)26-14)20(3,4)13-21-18(24)11-25-12-19-22-16-7-5-6-8-17(16)27-19/h5-8,14-15H,9-13H2,1-4H3,(H,21,24)/t14-,15-/m0/s1. The minimum atomic E-state index is -0.130. The smallest absolute Gasteiger partial charge is 0.246 e. The van der Waals surface area contributed by atoms with Crippen LogP contribution in [-0.2, 0) is 20.9 Å². The Morgan fingerprint density at radius 1 is 1.33 bits per heavy atom. The average Bonchev–Trinajstić information content (AvgIpc) is 3.02. The number of fused-ring (bicyclic) bond motifs is 1. The first-order chi connectivity index (χ1) is 12.8. The van der Waals surface area contributed by atoms with E-state index in [-0.39, 0.29) is 30.3 Å². The highest BCUT2D eigenvalue weighted by atomic mass is 32.1. The molecule has 148 valence electrons. The van der Waals surface area contributed by atoms with Gasteiger partial charge >= 0.3 is 0 Å². The molecule has 2 atom stereocenters. The molecule has 1 amide bonds. The Morgan fingerprint density at radius 3 is 2.74 bits per heavy atom. The van der Waals surface area contributed by atoms with E-state index in [9.17, 15) is 4.79 Å². The third-order valence-electron chi connectivity index (χ3n) is 4.79. The zero-order chi connectivity index (χ0) is 19.4. The van der Waals surface area contributed by atoms with E-state index in [2.05, 4.69) is 42.9 Å². The molecule has 0 radical (unpaired) electrons. The molecular formula is C20H29N3O3S. The van der Waals surface area contributed by atoms with Crippen LogP contribution in [0.4, 0.5) is 0 Å². The number of amides is 1. The summed E-state index contributed by atoms with van der Waals surface area (Å²) in [6, 6.07) is 7.99. The van der Waals surface area contributed by atoms with Crippen molar-refractivity contribution >= 4 is 27.5 Å². The Morgan fingerprint density at radius 2 is 2.04 bits per heavy atom. The molecule has 0 spiro atoms. The van der Waals surface area contributed by atoms with Gasteiger partial charge in [0, 0.05) is 25.2 Å². The number of rotatable bonds is 7. The second-order valence-electron chi connectivity index (χ2n) is 7.82. The van der Waals surface area contributed by atoms with Crippen molar-refractivity contribution in [1.29, 1.82) is 0 Å². The lowest BCUT2D eigenvalue weighted by atomic mass is 10.00. The number of benzene rings is 1. The molecule has 1 aromatic heterocycles. The Kier molecular flexibility index (Phi) is 6.47. The van der Waals surface area contributed by atoms with E-state index in [4.69, 9.17) is 9.47 Å². The number of hydrogen-bond donors (Lipinski definition) is 1. The largest absolute Gasteiger partial charge is 0.373 e. The maximum atomic E-state index is 12.2. The van der Waals surface area contributed by atoms with Gasteiger partial charge in [-0.1, -0.05) is 12.1 Å². The van der Waals surface area contributed by atoms with E-state index in [1.807, 2.05) is 24.3 Å². The predicted molar refractivity (Wildman–Crippen MR) is 108 cm³/mol. The molecule has 2 aromatic rings. The fourth-order valence-corrected chi connectivity index (χ4v) is 4.27. The molecule has 1 N–H and O–H groups in total. The summed E-state index contributed by atoms with van der Waals surface area (Å²) in [5.74, 6) is -0.0986. The van der Waals surface area contributed by atoms with Crippen LogP contribution in [0.15, 0.2) is 24.3 Å². The number of carbonyl (C=O) groups excluding carboxylic acids is 1. The third kappa shape index (κ3) is 5.48. The number of hydrogen-bond acceptors (Lipinski definition) is 6. The van der Waals surface area contributed by atoms with Crippen LogP contribution in [0.1, 0.15) is 32.7 Å². The quantitative estimate of drug-likeness (QED) is 0.786. The molecule has 1 fully saturated rings. The predicted octanol–water partition coefficient (Wildman–Crippen LogP) is 2.82. The van der Waals surface area contributed by atoms with Gasteiger partial charge in [0.25, 0.3) is 0 Å². The zero-order valence-corrected chi connectivity index (χ0v) is 17.3. The summed E-state index contributed by atoms with van der Waals surface area (Å²) in [6.45, 7) is 11.2. The van der Waals surface area contributed by atoms with Crippen LogP contribution in [0.5, 0.6) is 0 Å². The minimum Gasteiger partial charge on any atom is -0.373 e. The Hall–Kier alpha value is -1.54. The van der Waals surface area contributed by atoms with Crippen LogP contribution in [0.3, 0.4) is 0 Å². The van der Waals surface area contributed by atoms with Gasteiger partial charge in [0.15, 0.2) is 0 Å². The molecule has 2 heterocycles. The van der Waals surface area contributed by atoms with Crippen molar-refractivity contribution in [2.75, 3.05) is 26.2 Å². The lowest BCUT2D eigenvalue weighted by Gasteiger charge is -2.45. The van der Waals surface area contributed by atoms with E-state index in [0.29, 0.717) is 13.2 Å². The van der Waals surface area contributed by atoms with Gasteiger partial charge in [-0.05, 0) is 39.8 Å². The highest BCUT2D eigenvalue weighted by molar-refractivity contribution is 7.18. The number of carbonyl (C=O) groups is 1. The Labute approximate surface area is 164 Å². The van der Waals surface area contributed by atoms with Crippen molar-refractivity contribution in [2.45, 2.75) is 52.0 Å². The summed E-state index contributed by atoms with van der Waals surface area (Å²) in [6.07, 6.45) is 0.418. The highest BCUT2D eigenvalue weighted by Gasteiger charge is 2.33. The molecule has 1 aliphatic rings. The number of ether oxygens (including phenoxy) is 2. The number of nitrogens with zero attached hydrogens (tertiary/aromatic N) is 2. The van der Waals surface area contributed by atoms with Gasteiger partial charge in [-0.3, -0.25) is 9.69 Å². The monoisotopic (exact) mass is 391 g/mol. The summed E-state index contributed by atoms with van der Waals surface area (Å²) in [7, 11) is 0. The van der Waals surface area contributed by atoms with Crippen molar-refractivity contribution in [1.82, 2.24) is 15.2 Å². The molecule has 0 bridgehead atoms. The maximum Gasteiger partial charge on any atom is 0.246 e. The van der Waals surface area contributed by atoms with Gasteiger partial charge in [-0.15, -0.1) is 11.3 Å². The Bertz CT molecular complexity index is 734. The number of aromatic nitrogens is 1. The normalized spacial score (nSPS) is 21.5. The maximum absolute atomic E-state index is 12.2. The molecule has 0 unspecified atom stereocenters. The fourth-order valence-electron chi connectivity index (χ4n) is 3.36. The summed E-state index contributed by atoms with van der Waals surface area (Å²) in [5, 5.41) is 3.89. The van der Waals surface area contributed by atoms with Crippen molar-refractivity contribution in [2.24, 2.45) is 0 Å². The molecule has 0 aliphatic carbocycles. The van der Waals surface area contributed by atoms with Crippen LogP contribution in [-0.4, -0.2) is 59.8 Å². The Balaban J connectivity index is 1.42. The highest BCUT2D eigenvalue weighted by Crippen LogP contribution is 2.22. The molecular weight excluding hydrogens is 362 g/mol. The van der Waals surface area contributed by atoms with Crippen molar-refractivity contribution in [3.63, 3.8) is 0 Å². The van der Waals surface area contributed by atoms with Gasteiger partial charge in [0.1, 0.15) is 11.6 Å². The summed E-state index contributed by atoms with van der Waals surface area (Å²) < 4.78 is 12.5. The first kappa shape index (κ1) is 20.2. The van der Waals surface area contributed by atoms with Gasteiger partial charge in [-0.25, -0.2) is 4.98 Å². The lowest BCUT2D eigenvalue weighted by Crippen LogP contribution is -2.58. The number of morpholine rings is 1. The van der Waals surface area contributed by atoms with Gasteiger partial charge < -0.3 is 14.8 Å².